The second-order valence-corrected chi connectivity index (χ2v) is 4.32. The van der Waals surface area contributed by atoms with Crippen LogP contribution in [0.15, 0.2) is 48.5 Å². The zero-order valence-electron chi connectivity index (χ0n) is 10.2. The molecule has 1 unspecified atom stereocenters. The Bertz CT molecular complexity index is 478. The highest BCUT2D eigenvalue weighted by Gasteiger charge is 2.09. The summed E-state index contributed by atoms with van der Waals surface area (Å²) in [5, 5.41) is 3.04. The highest BCUT2D eigenvalue weighted by atomic mass is 19.1. The molecule has 0 aliphatic carbocycles. The van der Waals surface area contributed by atoms with Gasteiger partial charge in [0.1, 0.15) is 11.6 Å². The third kappa shape index (κ3) is 3.06. The van der Waals surface area contributed by atoms with Crippen LogP contribution in [-0.2, 0) is 6.42 Å². The van der Waals surface area contributed by atoms with E-state index in [2.05, 4.69) is 5.32 Å². The number of nitrogens with one attached hydrogen (secondary N) is 1. The summed E-state index contributed by atoms with van der Waals surface area (Å²) in [6.07, 6.45) is 0.515. The molecule has 0 aliphatic rings. The van der Waals surface area contributed by atoms with Gasteiger partial charge in [0, 0.05) is 6.04 Å². The van der Waals surface area contributed by atoms with Gasteiger partial charge in [-0.25, -0.2) is 8.78 Å². The molecule has 1 N–H and O–H groups in total. The summed E-state index contributed by atoms with van der Waals surface area (Å²) >= 11 is 0. The van der Waals surface area contributed by atoms with Gasteiger partial charge in [-0.05, 0) is 37.1 Å². The minimum absolute atomic E-state index is 0.0428. The number of halogens is 2. The maximum absolute atomic E-state index is 13.5. The highest BCUT2D eigenvalue weighted by molar-refractivity contribution is 5.45. The Kier molecular flexibility index (Phi) is 3.92. The summed E-state index contributed by atoms with van der Waals surface area (Å²) in [7, 11) is 0. The molecule has 18 heavy (non-hydrogen) atoms. The van der Waals surface area contributed by atoms with Crippen LogP contribution in [-0.4, -0.2) is 6.04 Å². The van der Waals surface area contributed by atoms with Gasteiger partial charge < -0.3 is 5.32 Å². The second kappa shape index (κ2) is 5.63. The summed E-state index contributed by atoms with van der Waals surface area (Å²) in [4.78, 5) is 0. The summed E-state index contributed by atoms with van der Waals surface area (Å²) in [6, 6.07) is 13.1. The molecule has 2 aromatic carbocycles. The minimum atomic E-state index is -0.294. The van der Waals surface area contributed by atoms with Crippen molar-refractivity contribution in [2.24, 2.45) is 0 Å². The van der Waals surface area contributed by atoms with Crippen LogP contribution in [0.3, 0.4) is 0 Å². The molecule has 0 saturated carbocycles. The number of para-hydroxylation sites is 1. The van der Waals surface area contributed by atoms with Crippen LogP contribution in [0.5, 0.6) is 0 Å². The number of hydrogen-bond acceptors (Lipinski definition) is 1. The van der Waals surface area contributed by atoms with E-state index in [1.807, 2.05) is 6.92 Å². The van der Waals surface area contributed by atoms with Gasteiger partial charge >= 0.3 is 0 Å². The van der Waals surface area contributed by atoms with Gasteiger partial charge in [0.2, 0.25) is 0 Å². The first-order valence-electron chi connectivity index (χ1n) is 5.91. The van der Waals surface area contributed by atoms with Crippen LogP contribution in [0, 0.1) is 11.6 Å². The van der Waals surface area contributed by atoms with Crippen LogP contribution >= 0.6 is 0 Å². The lowest BCUT2D eigenvalue weighted by Gasteiger charge is -2.16. The first-order valence-corrected chi connectivity index (χ1v) is 5.91. The van der Waals surface area contributed by atoms with E-state index in [9.17, 15) is 8.78 Å². The van der Waals surface area contributed by atoms with Crippen LogP contribution in [0.4, 0.5) is 14.5 Å². The average molecular weight is 247 g/mol. The fourth-order valence-corrected chi connectivity index (χ4v) is 1.89. The Morgan fingerprint density at radius 3 is 2.22 bits per heavy atom. The molecule has 1 atom stereocenters. The Labute approximate surface area is 105 Å². The van der Waals surface area contributed by atoms with Gasteiger partial charge in [0.25, 0.3) is 0 Å². The molecular weight excluding hydrogens is 232 g/mol. The molecular formula is C15H15F2N. The van der Waals surface area contributed by atoms with Crippen molar-refractivity contribution in [3.8, 4) is 0 Å². The van der Waals surface area contributed by atoms with Gasteiger partial charge in [-0.1, -0.05) is 30.3 Å². The standard InChI is InChI=1S/C15H15F2N/c1-11(10-12-6-2-3-7-13(12)16)18-15-9-5-4-8-14(15)17/h2-9,11,18H,10H2,1H3. The molecule has 0 fully saturated rings. The zero-order valence-corrected chi connectivity index (χ0v) is 10.2. The Morgan fingerprint density at radius 1 is 0.944 bits per heavy atom. The van der Waals surface area contributed by atoms with Gasteiger partial charge in [-0.3, -0.25) is 0 Å². The van der Waals surface area contributed by atoms with E-state index in [0.717, 1.165) is 0 Å². The number of benzene rings is 2. The molecule has 2 aromatic rings. The molecule has 0 heterocycles. The van der Waals surface area contributed by atoms with Gasteiger partial charge in [-0.2, -0.15) is 0 Å². The van der Waals surface area contributed by atoms with Gasteiger partial charge in [0.15, 0.2) is 0 Å². The quantitative estimate of drug-likeness (QED) is 0.860. The lowest BCUT2D eigenvalue weighted by molar-refractivity contribution is 0.598. The van der Waals surface area contributed by atoms with E-state index in [-0.39, 0.29) is 17.7 Å². The van der Waals surface area contributed by atoms with Gasteiger partial charge in [0.05, 0.1) is 5.69 Å². The Balaban J connectivity index is 2.04. The molecule has 0 amide bonds. The van der Waals surface area contributed by atoms with E-state index in [0.29, 0.717) is 17.7 Å². The molecule has 1 nitrogen and oxygen atoms in total. The smallest absolute Gasteiger partial charge is 0.146 e. The van der Waals surface area contributed by atoms with Crippen molar-refractivity contribution >= 4 is 5.69 Å². The molecule has 0 radical (unpaired) electrons. The van der Waals surface area contributed by atoms with Crippen molar-refractivity contribution in [3.63, 3.8) is 0 Å². The predicted molar refractivity (Wildman–Crippen MR) is 69.6 cm³/mol. The van der Waals surface area contributed by atoms with Gasteiger partial charge in [-0.15, -0.1) is 0 Å². The first-order chi connectivity index (χ1) is 8.66. The SMILES string of the molecule is CC(Cc1ccccc1F)Nc1ccccc1F. The van der Waals surface area contributed by atoms with Crippen molar-refractivity contribution in [2.45, 2.75) is 19.4 Å². The fourth-order valence-electron chi connectivity index (χ4n) is 1.89. The lowest BCUT2D eigenvalue weighted by atomic mass is 10.1. The summed E-state index contributed by atoms with van der Waals surface area (Å²) < 4.78 is 26.9. The zero-order chi connectivity index (χ0) is 13.0. The van der Waals surface area contributed by atoms with Crippen molar-refractivity contribution in [1.29, 1.82) is 0 Å². The summed E-state index contributed by atoms with van der Waals surface area (Å²) in [5.41, 5.74) is 1.08. The summed E-state index contributed by atoms with van der Waals surface area (Å²) in [5.74, 6) is -0.516. The molecule has 3 heteroatoms. The molecule has 2 rings (SSSR count). The molecule has 0 spiro atoms. The summed E-state index contributed by atoms with van der Waals surface area (Å²) in [6.45, 7) is 1.90. The number of anilines is 1. The van der Waals surface area contributed by atoms with E-state index >= 15 is 0 Å². The topological polar surface area (TPSA) is 12.0 Å². The molecule has 0 saturated heterocycles. The van der Waals surface area contributed by atoms with Crippen molar-refractivity contribution < 1.29 is 8.78 Å². The highest BCUT2D eigenvalue weighted by Crippen LogP contribution is 2.16. The third-order valence-corrected chi connectivity index (χ3v) is 2.76. The lowest BCUT2D eigenvalue weighted by Crippen LogP contribution is -2.19. The number of rotatable bonds is 4. The third-order valence-electron chi connectivity index (χ3n) is 2.76. The molecule has 0 bridgehead atoms. The monoisotopic (exact) mass is 247 g/mol. The van der Waals surface area contributed by atoms with Crippen molar-refractivity contribution in [3.05, 3.63) is 65.7 Å². The second-order valence-electron chi connectivity index (χ2n) is 4.32. The maximum atomic E-state index is 13.5. The molecule has 0 aliphatic heterocycles. The maximum Gasteiger partial charge on any atom is 0.146 e. The Morgan fingerprint density at radius 2 is 1.56 bits per heavy atom. The molecule has 94 valence electrons. The Hall–Kier alpha value is -1.90. The van der Waals surface area contributed by atoms with Crippen molar-refractivity contribution in [2.75, 3.05) is 5.32 Å². The first kappa shape index (κ1) is 12.6. The van der Waals surface area contributed by atoms with E-state index < -0.39 is 0 Å². The van der Waals surface area contributed by atoms with Crippen LogP contribution in [0.2, 0.25) is 0 Å². The number of hydrogen-bond donors (Lipinski definition) is 1. The van der Waals surface area contributed by atoms with Crippen LogP contribution in [0.25, 0.3) is 0 Å². The van der Waals surface area contributed by atoms with E-state index in [1.165, 1.54) is 12.1 Å². The largest absolute Gasteiger partial charge is 0.380 e. The van der Waals surface area contributed by atoms with Crippen LogP contribution in [0.1, 0.15) is 12.5 Å². The van der Waals surface area contributed by atoms with Crippen molar-refractivity contribution in [1.82, 2.24) is 0 Å². The average Bonchev–Trinajstić information content (AvgIpc) is 2.35. The van der Waals surface area contributed by atoms with E-state index in [1.54, 1.807) is 36.4 Å². The predicted octanol–water partition coefficient (Wildman–Crippen LogP) is 4.01. The normalized spacial score (nSPS) is 12.2. The van der Waals surface area contributed by atoms with Crippen LogP contribution < -0.4 is 5.32 Å². The van der Waals surface area contributed by atoms with E-state index in [4.69, 9.17) is 0 Å². The minimum Gasteiger partial charge on any atom is -0.380 e. The molecule has 0 aromatic heterocycles. The fraction of sp³-hybridized carbons (Fsp3) is 0.200.